The zero-order chi connectivity index (χ0) is 34.2. The molecule has 5 aliphatic heterocycles. The fourth-order valence-corrected chi connectivity index (χ4v) is 8.91. The molecule has 3 aromatic carbocycles. The summed E-state index contributed by atoms with van der Waals surface area (Å²) >= 11 is 13.3. The number of halogens is 5. The van der Waals surface area contributed by atoms with Gasteiger partial charge in [-0.3, -0.25) is 9.69 Å². The highest BCUT2D eigenvalue weighted by molar-refractivity contribution is 6.40. The zero-order valence-electron chi connectivity index (χ0n) is 26.3. The van der Waals surface area contributed by atoms with Gasteiger partial charge in [-0.05, 0) is 37.1 Å². The van der Waals surface area contributed by atoms with Crippen molar-refractivity contribution in [3.05, 3.63) is 75.0 Å². The van der Waals surface area contributed by atoms with Gasteiger partial charge in [0.2, 0.25) is 0 Å². The third-order valence-corrected chi connectivity index (χ3v) is 11.0. The number of nitrogens with zero attached hydrogens (tertiary/aromatic N) is 4. The molecule has 0 saturated carbocycles. The number of carboxylic acid groups (broad SMARTS) is 1. The van der Waals surface area contributed by atoms with Gasteiger partial charge in [-0.15, -0.1) is 0 Å². The Morgan fingerprint density at radius 1 is 0.980 bits per heavy atom. The monoisotopic (exact) mass is 716 g/mol. The topological polar surface area (TPSA) is 85.8 Å². The first-order valence-electron chi connectivity index (χ1n) is 16.2. The molecule has 8 rings (SSSR count). The van der Waals surface area contributed by atoms with E-state index in [1.807, 2.05) is 0 Å². The molecule has 4 fully saturated rings. The minimum atomic E-state index is -2.35. The number of morpholine rings is 1. The highest BCUT2D eigenvalue weighted by Gasteiger charge is 2.52. The SMILES string of the molecule is O=C(O)c1cc(F)c(-c2cccc3c2OCN(C(=O)c2c(Cl)cc(N4CC5(CN(CC(F)F)C5)C4)cc2Cl)C3)cc1N1C2CCC1COC2. The predicted octanol–water partition coefficient (Wildman–Crippen LogP) is 6.24. The van der Waals surface area contributed by atoms with E-state index in [4.69, 9.17) is 32.7 Å². The Morgan fingerprint density at radius 3 is 2.33 bits per heavy atom. The van der Waals surface area contributed by atoms with Crippen LogP contribution in [0.1, 0.15) is 39.1 Å². The first-order chi connectivity index (χ1) is 23.5. The lowest BCUT2D eigenvalue weighted by molar-refractivity contribution is -0.0512. The Labute approximate surface area is 290 Å². The van der Waals surface area contributed by atoms with E-state index in [9.17, 15) is 23.5 Å². The van der Waals surface area contributed by atoms with Crippen LogP contribution >= 0.6 is 23.2 Å². The van der Waals surface area contributed by atoms with Crippen LogP contribution in [0.2, 0.25) is 10.0 Å². The zero-order valence-corrected chi connectivity index (χ0v) is 27.8. The minimum Gasteiger partial charge on any atom is -0.478 e. The van der Waals surface area contributed by atoms with Gasteiger partial charge in [0.25, 0.3) is 12.3 Å². The molecule has 1 spiro atoms. The number of carboxylic acids is 1. The highest BCUT2D eigenvalue weighted by atomic mass is 35.5. The van der Waals surface area contributed by atoms with Crippen molar-refractivity contribution < 1.29 is 37.3 Å². The van der Waals surface area contributed by atoms with E-state index in [0.29, 0.717) is 62.0 Å². The smallest absolute Gasteiger partial charge is 0.337 e. The number of carbonyl (C=O) groups excluding carboxylic acids is 1. The molecule has 0 aromatic heterocycles. The molecule has 1 N–H and O–H groups in total. The second-order valence-electron chi connectivity index (χ2n) is 13.8. The van der Waals surface area contributed by atoms with E-state index in [1.54, 1.807) is 41.3 Å². The summed E-state index contributed by atoms with van der Waals surface area (Å²) < 4.78 is 52.9. The summed E-state index contributed by atoms with van der Waals surface area (Å²) in [4.78, 5) is 33.3. The molecule has 1 amide bonds. The number of anilines is 2. The molecule has 3 aromatic rings. The van der Waals surface area contributed by atoms with Crippen LogP contribution < -0.4 is 14.5 Å². The second-order valence-corrected chi connectivity index (χ2v) is 14.6. The number of hydrogen-bond donors (Lipinski definition) is 1. The van der Waals surface area contributed by atoms with Crippen molar-refractivity contribution >= 4 is 46.5 Å². The van der Waals surface area contributed by atoms with E-state index in [-0.39, 0.29) is 64.1 Å². The van der Waals surface area contributed by atoms with Crippen LogP contribution in [0.5, 0.6) is 5.75 Å². The van der Waals surface area contributed by atoms with Gasteiger partial charge in [0.1, 0.15) is 11.6 Å². The summed E-state index contributed by atoms with van der Waals surface area (Å²) in [5, 5.41) is 10.3. The van der Waals surface area contributed by atoms with Gasteiger partial charge >= 0.3 is 5.97 Å². The first kappa shape index (κ1) is 32.5. The van der Waals surface area contributed by atoms with E-state index >= 15 is 4.39 Å². The number of benzene rings is 3. The van der Waals surface area contributed by atoms with Crippen molar-refractivity contribution in [1.82, 2.24) is 9.80 Å². The number of carbonyl (C=O) groups is 2. The summed E-state index contributed by atoms with van der Waals surface area (Å²) in [5.74, 6) is -1.91. The molecule has 14 heteroatoms. The van der Waals surface area contributed by atoms with Crippen molar-refractivity contribution in [2.24, 2.45) is 5.41 Å². The average molecular weight is 718 g/mol. The van der Waals surface area contributed by atoms with Crippen LogP contribution in [0.15, 0.2) is 42.5 Å². The summed E-state index contributed by atoms with van der Waals surface area (Å²) in [5.41, 5.74) is 2.54. The fourth-order valence-electron chi connectivity index (χ4n) is 8.27. The Kier molecular flexibility index (Phi) is 8.13. The molecule has 49 heavy (non-hydrogen) atoms. The number of likely N-dealkylation sites (tertiary alicyclic amines) is 1. The van der Waals surface area contributed by atoms with Gasteiger partial charge < -0.3 is 29.3 Å². The van der Waals surface area contributed by atoms with Crippen LogP contribution in [0.4, 0.5) is 24.5 Å². The van der Waals surface area contributed by atoms with E-state index in [1.165, 1.54) is 4.90 Å². The van der Waals surface area contributed by atoms with Gasteiger partial charge in [0, 0.05) is 54.0 Å². The largest absolute Gasteiger partial charge is 0.478 e. The number of ether oxygens (including phenoxy) is 2. The molecular weight excluding hydrogens is 684 g/mol. The summed E-state index contributed by atoms with van der Waals surface area (Å²) in [6.07, 6.45) is -0.615. The second kappa shape index (κ2) is 12.3. The van der Waals surface area contributed by atoms with Gasteiger partial charge in [0.05, 0.1) is 65.2 Å². The van der Waals surface area contributed by atoms with Gasteiger partial charge in [-0.25, -0.2) is 18.0 Å². The molecule has 2 atom stereocenters. The van der Waals surface area contributed by atoms with Gasteiger partial charge in [-0.1, -0.05) is 41.4 Å². The predicted molar refractivity (Wildman–Crippen MR) is 178 cm³/mol. The lowest BCUT2D eigenvalue weighted by atomic mass is 9.72. The number of aromatic carboxylic acids is 1. The lowest BCUT2D eigenvalue weighted by Gasteiger charge is -2.61. The quantitative estimate of drug-likeness (QED) is 0.308. The molecule has 0 radical (unpaired) electrons. The Bertz CT molecular complexity index is 1810. The first-order valence-corrected chi connectivity index (χ1v) is 17.0. The maximum absolute atomic E-state index is 15.7. The van der Waals surface area contributed by atoms with Gasteiger partial charge in [-0.2, -0.15) is 0 Å². The Morgan fingerprint density at radius 2 is 1.67 bits per heavy atom. The lowest BCUT2D eigenvalue weighted by Crippen LogP contribution is -2.72. The maximum Gasteiger partial charge on any atom is 0.337 e. The number of alkyl halides is 2. The maximum atomic E-state index is 15.7. The standard InChI is InChI=1S/C35H33Cl2F3N4O5/c36-26-6-22(43-16-35(17-43)14-41(15-35)11-30(39)40)7-27(37)31(26)33(45)42-10-19-2-1-3-23(32(19)49-18-42)24-9-29(25(34(46)47)8-28(24)38)44-20-4-5-21(44)13-48-12-20/h1-3,6-9,20-21,30H,4-5,10-18H2,(H,46,47). The molecule has 2 bridgehead atoms. The Hall–Kier alpha value is -3.71. The van der Waals surface area contributed by atoms with Crippen molar-refractivity contribution in [3.63, 3.8) is 0 Å². The minimum absolute atomic E-state index is 0.00928. The van der Waals surface area contributed by atoms with Crippen molar-refractivity contribution in [1.29, 1.82) is 0 Å². The molecule has 5 heterocycles. The third kappa shape index (κ3) is 5.66. The van der Waals surface area contributed by atoms with Crippen LogP contribution in [-0.2, 0) is 11.3 Å². The van der Waals surface area contributed by atoms with E-state index < -0.39 is 24.1 Å². The van der Waals surface area contributed by atoms with E-state index in [2.05, 4.69) is 9.80 Å². The molecule has 258 valence electrons. The number of hydrogen-bond acceptors (Lipinski definition) is 7. The molecule has 2 unspecified atom stereocenters. The van der Waals surface area contributed by atoms with Crippen LogP contribution in [-0.4, -0.2) is 98.0 Å². The van der Waals surface area contributed by atoms with Crippen LogP contribution in [0.3, 0.4) is 0 Å². The van der Waals surface area contributed by atoms with Crippen molar-refractivity contribution in [3.8, 4) is 16.9 Å². The molecule has 0 aliphatic carbocycles. The summed E-state index contributed by atoms with van der Waals surface area (Å²) in [6.45, 7) is 3.40. The average Bonchev–Trinajstić information content (AvgIpc) is 3.27. The summed E-state index contributed by atoms with van der Waals surface area (Å²) in [7, 11) is 0. The molecular formula is C35H33Cl2F3N4O5. The molecule has 4 saturated heterocycles. The number of para-hydroxylation sites is 1. The fraction of sp³-hybridized carbons (Fsp3) is 0.429. The molecule has 5 aliphatic rings. The number of fused-ring (bicyclic) bond motifs is 3. The van der Waals surface area contributed by atoms with Gasteiger partial charge in [0.15, 0.2) is 6.73 Å². The number of rotatable bonds is 7. The highest BCUT2D eigenvalue weighted by Crippen LogP contribution is 2.45. The van der Waals surface area contributed by atoms with Crippen molar-refractivity contribution in [2.75, 3.05) is 62.5 Å². The van der Waals surface area contributed by atoms with E-state index in [0.717, 1.165) is 24.6 Å². The number of amides is 1. The molecule has 9 nitrogen and oxygen atoms in total. The Balaban J connectivity index is 1.01. The normalized spacial score (nSPS) is 22.5. The van der Waals surface area contributed by atoms with Crippen LogP contribution in [0.25, 0.3) is 11.1 Å². The third-order valence-electron chi connectivity index (χ3n) is 10.4. The van der Waals surface area contributed by atoms with Crippen molar-refractivity contribution in [2.45, 2.75) is 37.9 Å². The summed E-state index contributed by atoms with van der Waals surface area (Å²) in [6, 6.07) is 11.3. The van der Waals surface area contributed by atoms with Crippen LogP contribution in [0, 0.1) is 11.2 Å².